The first-order chi connectivity index (χ1) is 6.14. The quantitative estimate of drug-likeness (QED) is 0.585. The largest absolute Gasteiger partial charge is 0.293 e. The highest BCUT2D eigenvalue weighted by Crippen LogP contribution is 2.02. The molecule has 1 N–H and O–H groups in total. The van der Waals surface area contributed by atoms with Crippen molar-refractivity contribution in [2.24, 2.45) is 0 Å². The summed E-state index contributed by atoms with van der Waals surface area (Å²) in [6.07, 6.45) is 0.337. The van der Waals surface area contributed by atoms with E-state index in [9.17, 15) is 8.42 Å². The molecule has 0 saturated heterocycles. The Bertz CT molecular complexity index is 344. The number of hydrogen-bond acceptors (Lipinski definition) is 4. The average molecular weight is 202 g/mol. The van der Waals surface area contributed by atoms with Crippen molar-refractivity contribution in [2.45, 2.75) is 6.42 Å². The molecule has 1 aromatic rings. The van der Waals surface area contributed by atoms with Gasteiger partial charge in [-0.15, -0.1) is 4.33 Å². The fraction of sp³-hybridized carbons (Fsp3) is 0.250. The van der Waals surface area contributed by atoms with Gasteiger partial charge >= 0.3 is 0 Å². The Labute approximate surface area is 76.8 Å². The Kier molecular flexibility index (Phi) is 3.41. The van der Waals surface area contributed by atoms with Crippen LogP contribution in [-0.4, -0.2) is 19.4 Å². The molecule has 72 valence electrons. The first kappa shape index (κ1) is 10.2. The lowest BCUT2D eigenvalue weighted by atomic mass is 10.2. The van der Waals surface area contributed by atoms with Crippen LogP contribution < -0.4 is 0 Å². The molecular weight excluding hydrogens is 192 g/mol. The molecule has 0 saturated carbocycles. The minimum absolute atomic E-state index is 0.215. The summed E-state index contributed by atoms with van der Waals surface area (Å²) < 4.78 is 24.7. The zero-order chi connectivity index (χ0) is 9.73. The van der Waals surface area contributed by atoms with Crippen LogP contribution in [0.2, 0.25) is 0 Å². The van der Waals surface area contributed by atoms with Crippen LogP contribution in [0.1, 0.15) is 5.56 Å². The summed E-state index contributed by atoms with van der Waals surface area (Å²) >= 11 is 0. The standard InChI is InChI=1S/C8H10O4S/c9-12-13(10,11)7-6-8-4-2-1-3-5-8/h1-5,9H,6-7H2. The molecule has 0 aromatic heterocycles. The van der Waals surface area contributed by atoms with E-state index in [1.807, 2.05) is 30.3 Å². The molecule has 0 atom stereocenters. The van der Waals surface area contributed by atoms with Crippen molar-refractivity contribution in [3.05, 3.63) is 35.9 Å². The van der Waals surface area contributed by atoms with Gasteiger partial charge in [0.2, 0.25) is 0 Å². The van der Waals surface area contributed by atoms with Gasteiger partial charge in [0.1, 0.15) is 0 Å². The Hall–Kier alpha value is -0.910. The van der Waals surface area contributed by atoms with Crippen molar-refractivity contribution in [2.75, 3.05) is 5.75 Å². The van der Waals surface area contributed by atoms with Gasteiger partial charge in [-0.25, -0.2) is 5.26 Å². The van der Waals surface area contributed by atoms with E-state index in [1.54, 1.807) is 0 Å². The fourth-order valence-corrected chi connectivity index (χ4v) is 1.49. The molecule has 0 radical (unpaired) electrons. The summed E-state index contributed by atoms with van der Waals surface area (Å²) in [5.74, 6) is -0.215. The van der Waals surface area contributed by atoms with Crippen LogP contribution in [0.3, 0.4) is 0 Å². The summed E-state index contributed by atoms with van der Waals surface area (Å²) in [6, 6.07) is 9.11. The summed E-state index contributed by atoms with van der Waals surface area (Å²) in [7, 11) is -3.76. The molecular formula is C8H10O4S. The number of aryl methyl sites for hydroxylation is 1. The molecule has 0 aliphatic rings. The Morgan fingerprint density at radius 2 is 1.85 bits per heavy atom. The Morgan fingerprint density at radius 3 is 2.38 bits per heavy atom. The Balaban J connectivity index is 2.54. The van der Waals surface area contributed by atoms with Gasteiger partial charge in [-0.3, -0.25) is 0 Å². The highest BCUT2D eigenvalue weighted by atomic mass is 32.2. The number of hydrogen-bond donors (Lipinski definition) is 1. The zero-order valence-electron chi connectivity index (χ0n) is 6.88. The maximum atomic E-state index is 10.7. The first-order valence-electron chi connectivity index (χ1n) is 3.74. The average Bonchev–Trinajstić information content (AvgIpc) is 2.17. The molecule has 0 spiro atoms. The van der Waals surface area contributed by atoms with Crippen molar-refractivity contribution in [1.82, 2.24) is 0 Å². The summed E-state index contributed by atoms with van der Waals surface area (Å²) in [5.41, 5.74) is 0.892. The Morgan fingerprint density at radius 1 is 1.23 bits per heavy atom. The van der Waals surface area contributed by atoms with Crippen LogP contribution >= 0.6 is 0 Å². The van der Waals surface area contributed by atoms with E-state index in [0.717, 1.165) is 5.56 Å². The lowest BCUT2D eigenvalue weighted by molar-refractivity contribution is -0.130. The van der Waals surface area contributed by atoms with Gasteiger partial charge in [0.05, 0.1) is 5.75 Å². The second kappa shape index (κ2) is 4.36. The molecule has 0 amide bonds. The highest BCUT2D eigenvalue weighted by Gasteiger charge is 2.09. The summed E-state index contributed by atoms with van der Waals surface area (Å²) in [6.45, 7) is 0. The van der Waals surface area contributed by atoms with E-state index in [-0.39, 0.29) is 5.75 Å². The van der Waals surface area contributed by atoms with Gasteiger partial charge < -0.3 is 0 Å². The van der Waals surface area contributed by atoms with Gasteiger partial charge in [-0.05, 0) is 12.0 Å². The fourth-order valence-electron chi connectivity index (χ4n) is 0.925. The van der Waals surface area contributed by atoms with Gasteiger partial charge in [0, 0.05) is 0 Å². The van der Waals surface area contributed by atoms with Gasteiger partial charge in [0.25, 0.3) is 10.1 Å². The molecule has 0 heterocycles. The van der Waals surface area contributed by atoms with Crippen LogP contribution in [0.15, 0.2) is 30.3 Å². The topological polar surface area (TPSA) is 63.6 Å². The monoisotopic (exact) mass is 202 g/mol. The maximum Gasteiger partial charge on any atom is 0.293 e. The van der Waals surface area contributed by atoms with Crippen molar-refractivity contribution >= 4 is 10.1 Å². The van der Waals surface area contributed by atoms with Gasteiger partial charge in [-0.2, -0.15) is 8.42 Å². The third kappa shape index (κ3) is 3.54. The molecule has 0 aliphatic heterocycles. The van der Waals surface area contributed by atoms with E-state index in [2.05, 4.69) is 4.33 Å². The van der Waals surface area contributed by atoms with Crippen molar-refractivity contribution in [3.63, 3.8) is 0 Å². The molecule has 0 bridgehead atoms. The first-order valence-corrected chi connectivity index (χ1v) is 5.31. The molecule has 1 rings (SSSR count). The molecule has 0 fully saturated rings. The van der Waals surface area contributed by atoms with Gasteiger partial charge in [0.15, 0.2) is 0 Å². The lowest BCUT2D eigenvalue weighted by Crippen LogP contribution is -2.10. The molecule has 13 heavy (non-hydrogen) atoms. The molecule has 4 nitrogen and oxygen atoms in total. The molecule has 1 aromatic carbocycles. The second-order valence-corrected chi connectivity index (χ2v) is 4.24. The lowest BCUT2D eigenvalue weighted by Gasteiger charge is -1.99. The highest BCUT2D eigenvalue weighted by molar-refractivity contribution is 7.86. The number of benzene rings is 1. The normalized spacial score (nSPS) is 11.5. The number of rotatable bonds is 4. The predicted molar refractivity (Wildman–Crippen MR) is 47.6 cm³/mol. The van der Waals surface area contributed by atoms with Crippen molar-refractivity contribution < 1.29 is 18.0 Å². The predicted octanol–water partition coefficient (Wildman–Crippen LogP) is 1.05. The van der Waals surface area contributed by atoms with Gasteiger partial charge in [-0.1, -0.05) is 30.3 Å². The minimum atomic E-state index is -3.76. The van der Waals surface area contributed by atoms with Crippen LogP contribution in [0.5, 0.6) is 0 Å². The third-order valence-corrected chi connectivity index (χ3v) is 2.53. The van der Waals surface area contributed by atoms with Crippen LogP contribution in [0.4, 0.5) is 0 Å². The van der Waals surface area contributed by atoms with E-state index in [0.29, 0.717) is 6.42 Å². The van der Waals surface area contributed by atoms with E-state index >= 15 is 0 Å². The van der Waals surface area contributed by atoms with Crippen LogP contribution in [-0.2, 0) is 20.9 Å². The summed E-state index contributed by atoms with van der Waals surface area (Å²) in [5, 5.41) is 7.98. The smallest absolute Gasteiger partial charge is 0.235 e. The second-order valence-electron chi connectivity index (χ2n) is 2.57. The van der Waals surface area contributed by atoms with E-state index < -0.39 is 10.1 Å². The molecule has 0 unspecified atom stereocenters. The van der Waals surface area contributed by atoms with E-state index in [1.165, 1.54) is 0 Å². The zero-order valence-corrected chi connectivity index (χ0v) is 7.70. The minimum Gasteiger partial charge on any atom is -0.235 e. The van der Waals surface area contributed by atoms with Crippen molar-refractivity contribution in [1.29, 1.82) is 0 Å². The van der Waals surface area contributed by atoms with Crippen LogP contribution in [0.25, 0.3) is 0 Å². The third-order valence-electron chi connectivity index (χ3n) is 1.60. The van der Waals surface area contributed by atoms with Crippen LogP contribution in [0, 0.1) is 0 Å². The SMILES string of the molecule is O=S(=O)(CCc1ccccc1)OO. The van der Waals surface area contributed by atoms with E-state index in [4.69, 9.17) is 5.26 Å². The summed E-state index contributed by atoms with van der Waals surface area (Å²) in [4.78, 5) is 0. The van der Waals surface area contributed by atoms with Crippen molar-refractivity contribution in [3.8, 4) is 0 Å². The maximum absolute atomic E-state index is 10.7. The molecule has 5 heteroatoms. The molecule has 0 aliphatic carbocycles.